The number of urea groups is 1. The Morgan fingerprint density at radius 3 is 2.53 bits per heavy atom. The summed E-state index contributed by atoms with van der Waals surface area (Å²) in [5.41, 5.74) is 11.4. The molecular formula is C9H19N5O. The summed E-state index contributed by atoms with van der Waals surface area (Å²) in [5, 5.41) is 5.13. The van der Waals surface area contributed by atoms with E-state index in [0.29, 0.717) is 24.6 Å². The highest BCUT2D eigenvalue weighted by atomic mass is 16.2. The lowest BCUT2D eigenvalue weighted by Gasteiger charge is -2.16. The molecule has 0 spiro atoms. The van der Waals surface area contributed by atoms with Gasteiger partial charge in [0.2, 0.25) is 0 Å². The van der Waals surface area contributed by atoms with Crippen LogP contribution in [-0.4, -0.2) is 38.1 Å². The maximum Gasteiger partial charge on any atom is 0.319 e. The first kappa shape index (κ1) is 13.3. The van der Waals surface area contributed by atoms with Gasteiger partial charge >= 0.3 is 6.03 Å². The van der Waals surface area contributed by atoms with Crippen LogP contribution in [0.25, 0.3) is 0 Å². The van der Waals surface area contributed by atoms with E-state index in [9.17, 15) is 4.79 Å². The normalized spacial score (nSPS) is 11.4. The number of carbonyl (C=O) groups is 1. The van der Waals surface area contributed by atoms with Crippen LogP contribution in [0, 0.1) is 0 Å². The summed E-state index contributed by atoms with van der Waals surface area (Å²) in [6.07, 6.45) is 1.48. The topological polar surface area (TPSA) is 96.4 Å². The van der Waals surface area contributed by atoms with Crippen LogP contribution in [0.3, 0.4) is 0 Å². The monoisotopic (exact) mass is 213 g/mol. The van der Waals surface area contributed by atoms with Crippen LogP contribution in [0.4, 0.5) is 4.79 Å². The molecule has 2 amide bonds. The molecule has 0 radical (unpaired) electrons. The zero-order valence-electron chi connectivity index (χ0n) is 9.21. The molecular weight excluding hydrogens is 194 g/mol. The molecule has 0 heterocycles. The Hall–Kier alpha value is -1.69. The Kier molecular flexibility index (Phi) is 5.96. The van der Waals surface area contributed by atoms with E-state index in [1.165, 1.54) is 6.08 Å². The zero-order chi connectivity index (χ0) is 11.8. The lowest BCUT2D eigenvalue weighted by atomic mass is 10.4. The van der Waals surface area contributed by atoms with Crippen molar-refractivity contribution >= 4 is 6.03 Å². The molecule has 0 aromatic heterocycles. The summed E-state index contributed by atoms with van der Waals surface area (Å²) >= 11 is 0. The number of carbonyl (C=O) groups excluding carboxylic acids is 1. The van der Waals surface area contributed by atoms with Crippen molar-refractivity contribution in [3.8, 4) is 0 Å². The van der Waals surface area contributed by atoms with Crippen molar-refractivity contribution in [2.24, 2.45) is 11.5 Å². The summed E-state index contributed by atoms with van der Waals surface area (Å²) in [6.45, 7) is 4.37. The average molecular weight is 213 g/mol. The summed E-state index contributed by atoms with van der Waals surface area (Å²) in [7, 11) is 3.55. The van der Waals surface area contributed by atoms with Gasteiger partial charge in [0, 0.05) is 27.2 Å². The highest BCUT2D eigenvalue weighted by Crippen LogP contribution is 1.98. The van der Waals surface area contributed by atoms with Gasteiger partial charge in [0.05, 0.1) is 5.70 Å². The van der Waals surface area contributed by atoms with Crippen LogP contribution in [0.5, 0.6) is 0 Å². The summed E-state index contributed by atoms with van der Waals surface area (Å²) in [6, 6.07) is -0.347. The van der Waals surface area contributed by atoms with E-state index >= 15 is 0 Å². The molecule has 6 heteroatoms. The third-order valence-electron chi connectivity index (χ3n) is 1.64. The minimum Gasteiger partial charge on any atom is -0.384 e. The maximum atomic E-state index is 11.3. The second kappa shape index (κ2) is 6.72. The fraction of sp³-hybridized carbons (Fsp3) is 0.444. The van der Waals surface area contributed by atoms with Crippen molar-refractivity contribution in [2.75, 3.05) is 27.2 Å². The van der Waals surface area contributed by atoms with Crippen LogP contribution in [0.2, 0.25) is 0 Å². The van der Waals surface area contributed by atoms with Crippen molar-refractivity contribution in [3.05, 3.63) is 24.2 Å². The molecule has 0 saturated heterocycles. The fourth-order valence-corrected chi connectivity index (χ4v) is 0.813. The average Bonchev–Trinajstić information content (AvgIpc) is 2.21. The Balaban J connectivity index is 4.40. The number of rotatable bonds is 5. The second-order valence-corrected chi connectivity index (χ2v) is 3.07. The molecule has 86 valence electrons. The van der Waals surface area contributed by atoms with Crippen molar-refractivity contribution in [3.63, 3.8) is 0 Å². The first-order valence-corrected chi connectivity index (χ1v) is 4.57. The lowest BCUT2D eigenvalue weighted by Crippen LogP contribution is -2.39. The van der Waals surface area contributed by atoms with Crippen molar-refractivity contribution in [2.45, 2.75) is 0 Å². The number of hydrogen-bond acceptors (Lipinski definition) is 4. The molecule has 0 saturated carbocycles. The molecule has 0 aromatic carbocycles. The van der Waals surface area contributed by atoms with Gasteiger partial charge in [0.25, 0.3) is 0 Å². The van der Waals surface area contributed by atoms with Gasteiger partial charge in [-0.2, -0.15) is 0 Å². The highest BCUT2D eigenvalue weighted by Gasteiger charge is 2.05. The number of nitrogens with two attached hydrogens (primary N) is 2. The third kappa shape index (κ3) is 4.92. The highest BCUT2D eigenvalue weighted by molar-refractivity contribution is 5.76. The first-order valence-electron chi connectivity index (χ1n) is 4.57. The number of amides is 2. The summed E-state index contributed by atoms with van der Waals surface area (Å²) in [4.78, 5) is 12.9. The Morgan fingerprint density at radius 1 is 1.53 bits per heavy atom. The number of nitrogens with one attached hydrogen (secondary N) is 2. The van der Waals surface area contributed by atoms with Gasteiger partial charge < -0.3 is 27.0 Å². The van der Waals surface area contributed by atoms with Gasteiger partial charge in [-0.25, -0.2) is 4.79 Å². The van der Waals surface area contributed by atoms with E-state index in [4.69, 9.17) is 11.5 Å². The quantitative estimate of drug-likeness (QED) is 0.446. The van der Waals surface area contributed by atoms with E-state index in [-0.39, 0.29) is 6.03 Å². The smallest absolute Gasteiger partial charge is 0.319 e. The van der Waals surface area contributed by atoms with Crippen molar-refractivity contribution < 1.29 is 4.79 Å². The molecule has 0 unspecified atom stereocenters. The molecule has 0 aliphatic rings. The SMILES string of the molecule is C=C/C(NC(=O)NCCN)=C(/N)N(C)C. The largest absolute Gasteiger partial charge is 0.384 e. The molecule has 0 aliphatic carbocycles. The van der Waals surface area contributed by atoms with Gasteiger partial charge in [0.15, 0.2) is 0 Å². The molecule has 15 heavy (non-hydrogen) atoms. The van der Waals surface area contributed by atoms with E-state index in [0.717, 1.165) is 0 Å². The second-order valence-electron chi connectivity index (χ2n) is 3.07. The third-order valence-corrected chi connectivity index (χ3v) is 1.64. The van der Waals surface area contributed by atoms with Crippen molar-refractivity contribution in [1.82, 2.24) is 15.5 Å². The standard InChI is InChI=1S/C9H19N5O/c1-4-7(8(11)14(2)3)13-9(15)12-6-5-10/h4H,1,5-6,10-11H2,2-3H3,(H2,12,13,15)/b8-7+. The molecule has 6 nitrogen and oxygen atoms in total. The van der Waals surface area contributed by atoms with E-state index in [2.05, 4.69) is 17.2 Å². The van der Waals surface area contributed by atoms with E-state index in [1.54, 1.807) is 19.0 Å². The molecule has 0 bridgehead atoms. The molecule has 0 fully saturated rings. The van der Waals surface area contributed by atoms with E-state index in [1.807, 2.05) is 0 Å². The van der Waals surface area contributed by atoms with Gasteiger partial charge in [-0.3, -0.25) is 0 Å². The minimum atomic E-state index is -0.347. The minimum absolute atomic E-state index is 0.347. The van der Waals surface area contributed by atoms with Gasteiger partial charge in [-0.1, -0.05) is 6.58 Å². The summed E-state index contributed by atoms with van der Waals surface area (Å²) < 4.78 is 0. The van der Waals surface area contributed by atoms with Crippen molar-refractivity contribution in [1.29, 1.82) is 0 Å². The predicted molar refractivity (Wildman–Crippen MR) is 60.7 cm³/mol. The molecule has 6 N–H and O–H groups in total. The maximum absolute atomic E-state index is 11.3. The molecule has 0 rings (SSSR count). The van der Waals surface area contributed by atoms with E-state index < -0.39 is 0 Å². The number of allylic oxidation sites excluding steroid dienone is 1. The fourth-order valence-electron chi connectivity index (χ4n) is 0.813. The van der Waals surface area contributed by atoms with Gasteiger partial charge in [0.1, 0.15) is 5.82 Å². The predicted octanol–water partition coefficient (Wildman–Crippen LogP) is -0.880. The molecule has 0 aliphatic heterocycles. The zero-order valence-corrected chi connectivity index (χ0v) is 9.21. The number of nitrogens with zero attached hydrogens (tertiary/aromatic N) is 1. The van der Waals surface area contributed by atoms with Crippen LogP contribution >= 0.6 is 0 Å². The first-order chi connectivity index (χ1) is 7.02. The Bertz CT molecular complexity index is 259. The lowest BCUT2D eigenvalue weighted by molar-refractivity contribution is 0.243. The Morgan fingerprint density at radius 2 is 2.13 bits per heavy atom. The molecule has 0 aromatic rings. The van der Waals surface area contributed by atoms with Gasteiger partial charge in [-0.15, -0.1) is 0 Å². The van der Waals surface area contributed by atoms with Crippen LogP contribution < -0.4 is 22.1 Å². The van der Waals surface area contributed by atoms with Crippen LogP contribution in [0.15, 0.2) is 24.2 Å². The summed E-state index contributed by atoms with van der Waals surface area (Å²) in [5.74, 6) is 0.438. The Labute approximate surface area is 90.0 Å². The van der Waals surface area contributed by atoms with Gasteiger partial charge in [-0.05, 0) is 6.08 Å². The van der Waals surface area contributed by atoms with Crippen LogP contribution in [0.1, 0.15) is 0 Å². The number of hydrogen-bond donors (Lipinski definition) is 4. The van der Waals surface area contributed by atoms with Crippen LogP contribution in [-0.2, 0) is 0 Å². The molecule has 0 atom stereocenters.